The van der Waals surface area contributed by atoms with Gasteiger partial charge in [0.15, 0.2) is 0 Å². The molecule has 0 amide bonds. The van der Waals surface area contributed by atoms with Crippen LogP contribution in [0.1, 0.15) is 24.2 Å². The molecule has 16 heavy (non-hydrogen) atoms. The first kappa shape index (κ1) is 10.4. The fourth-order valence-corrected chi connectivity index (χ4v) is 1.58. The Bertz CT molecular complexity index is 534. The van der Waals surface area contributed by atoms with Crippen LogP contribution in [0.15, 0.2) is 36.8 Å². The molecule has 1 aromatic carbocycles. The van der Waals surface area contributed by atoms with Gasteiger partial charge in [0.1, 0.15) is 0 Å². The minimum absolute atomic E-state index is 0.0896. The maximum Gasteiger partial charge on any atom is 0.0994 e. The van der Waals surface area contributed by atoms with E-state index >= 15 is 0 Å². The predicted molar refractivity (Wildman–Crippen MR) is 60.9 cm³/mol. The maximum absolute atomic E-state index is 8.84. The van der Waals surface area contributed by atoms with Crippen LogP contribution < -0.4 is 5.73 Å². The first-order valence-electron chi connectivity index (χ1n) is 5.00. The van der Waals surface area contributed by atoms with Crippen LogP contribution in [0.2, 0.25) is 0 Å². The molecule has 0 aliphatic carbocycles. The van der Waals surface area contributed by atoms with Gasteiger partial charge in [-0.1, -0.05) is 6.07 Å². The summed E-state index contributed by atoms with van der Waals surface area (Å²) in [6.07, 6.45) is 3.44. The van der Waals surface area contributed by atoms with Crippen molar-refractivity contribution in [1.29, 1.82) is 5.26 Å². The molecule has 4 heteroatoms. The maximum atomic E-state index is 8.84. The van der Waals surface area contributed by atoms with E-state index in [0.717, 1.165) is 11.4 Å². The van der Waals surface area contributed by atoms with Crippen molar-refractivity contribution in [3.05, 3.63) is 48.0 Å². The molecule has 0 aliphatic heterocycles. The Labute approximate surface area is 94.0 Å². The first-order valence-corrected chi connectivity index (χ1v) is 5.00. The largest absolute Gasteiger partial charge is 0.323 e. The van der Waals surface area contributed by atoms with Crippen molar-refractivity contribution in [2.45, 2.75) is 13.0 Å². The summed E-state index contributed by atoms with van der Waals surface area (Å²) >= 11 is 0. The molecule has 1 heterocycles. The van der Waals surface area contributed by atoms with Crippen LogP contribution >= 0.6 is 0 Å². The van der Waals surface area contributed by atoms with Crippen LogP contribution in [-0.2, 0) is 0 Å². The second kappa shape index (κ2) is 4.17. The number of imidazole rings is 1. The van der Waals surface area contributed by atoms with Gasteiger partial charge in [-0.3, -0.25) is 0 Å². The SMILES string of the molecule is C[C@@H](N)c1cncn1-c1cccc(C#N)c1. The molecular formula is C12H12N4. The molecule has 0 radical (unpaired) electrons. The van der Waals surface area contributed by atoms with Crippen molar-refractivity contribution in [1.82, 2.24) is 9.55 Å². The topological polar surface area (TPSA) is 67.6 Å². The van der Waals surface area contributed by atoms with Gasteiger partial charge in [-0.2, -0.15) is 5.26 Å². The predicted octanol–water partition coefficient (Wildman–Crippen LogP) is 1.76. The minimum atomic E-state index is -0.0896. The molecule has 1 atom stereocenters. The average Bonchev–Trinajstić information content (AvgIpc) is 2.78. The first-order chi connectivity index (χ1) is 7.72. The number of aromatic nitrogens is 2. The summed E-state index contributed by atoms with van der Waals surface area (Å²) in [6.45, 7) is 1.90. The number of nitrogens with two attached hydrogens (primary N) is 1. The third-order valence-electron chi connectivity index (χ3n) is 2.39. The van der Waals surface area contributed by atoms with Crippen LogP contribution in [0.4, 0.5) is 0 Å². The Balaban J connectivity index is 2.51. The summed E-state index contributed by atoms with van der Waals surface area (Å²) in [5.41, 5.74) is 8.30. The molecule has 0 unspecified atom stereocenters. The van der Waals surface area contributed by atoms with Gasteiger partial charge in [-0.25, -0.2) is 4.98 Å². The highest BCUT2D eigenvalue weighted by Crippen LogP contribution is 2.16. The van der Waals surface area contributed by atoms with E-state index in [-0.39, 0.29) is 6.04 Å². The summed E-state index contributed by atoms with van der Waals surface area (Å²) in [5.74, 6) is 0. The molecule has 0 saturated heterocycles. The number of hydrogen-bond acceptors (Lipinski definition) is 3. The van der Waals surface area contributed by atoms with Crippen molar-refractivity contribution in [3.63, 3.8) is 0 Å². The fourth-order valence-electron chi connectivity index (χ4n) is 1.58. The third-order valence-corrected chi connectivity index (χ3v) is 2.39. The zero-order chi connectivity index (χ0) is 11.5. The lowest BCUT2D eigenvalue weighted by molar-refractivity contribution is 0.752. The van der Waals surface area contributed by atoms with Crippen LogP contribution in [0.25, 0.3) is 5.69 Å². The standard InChI is InChI=1S/C12H12N4/c1-9(14)12-7-15-8-16(12)11-4-2-3-10(5-11)6-13/h2-5,7-9H,14H2,1H3/t9-/m1/s1. The highest BCUT2D eigenvalue weighted by molar-refractivity contribution is 5.42. The molecule has 0 fully saturated rings. The number of rotatable bonds is 2. The number of nitriles is 1. The van der Waals surface area contributed by atoms with Gasteiger partial charge >= 0.3 is 0 Å². The van der Waals surface area contributed by atoms with E-state index in [9.17, 15) is 0 Å². The molecular weight excluding hydrogens is 200 g/mol. The molecule has 2 rings (SSSR count). The molecule has 80 valence electrons. The van der Waals surface area contributed by atoms with E-state index in [2.05, 4.69) is 11.1 Å². The Hall–Kier alpha value is -2.12. The van der Waals surface area contributed by atoms with E-state index in [1.165, 1.54) is 0 Å². The molecule has 2 aromatic rings. The van der Waals surface area contributed by atoms with E-state index in [1.807, 2.05) is 29.7 Å². The lowest BCUT2D eigenvalue weighted by atomic mass is 10.2. The van der Waals surface area contributed by atoms with Gasteiger partial charge in [0.2, 0.25) is 0 Å². The minimum Gasteiger partial charge on any atom is -0.323 e. The van der Waals surface area contributed by atoms with E-state index in [0.29, 0.717) is 5.56 Å². The summed E-state index contributed by atoms with van der Waals surface area (Å²) < 4.78 is 1.89. The van der Waals surface area contributed by atoms with Gasteiger partial charge in [0.05, 0.1) is 29.9 Å². The Kier molecular flexibility index (Phi) is 2.71. The Morgan fingerprint density at radius 3 is 3.00 bits per heavy atom. The monoisotopic (exact) mass is 212 g/mol. The molecule has 0 aliphatic rings. The van der Waals surface area contributed by atoms with Crippen LogP contribution in [-0.4, -0.2) is 9.55 Å². The van der Waals surface area contributed by atoms with E-state index in [1.54, 1.807) is 18.6 Å². The summed E-state index contributed by atoms with van der Waals surface area (Å²) in [7, 11) is 0. The van der Waals surface area contributed by atoms with Crippen molar-refractivity contribution >= 4 is 0 Å². The molecule has 0 bridgehead atoms. The number of hydrogen-bond donors (Lipinski definition) is 1. The second-order valence-electron chi connectivity index (χ2n) is 3.64. The van der Waals surface area contributed by atoms with Gasteiger partial charge in [0, 0.05) is 11.7 Å². The average molecular weight is 212 g/mol. The van der Waals surface area contributed by atoms with Gasteiger partial charge in [-0.05, 0) is 25.1 Å². The third kappa shape index (κ3) is 1.81. The highest BCUT2D eigenvalue weighted by Gasteiger charge is 2.08. The summed E-state index contributed by atoms with van der Waals surface area (Å²) in [5, 5.41) is 8.84. The second-order valence-corrected chi connectivity index (χ2v) is 3.64. The smallest absolute Gasteiger partial charge is 0.0994 e. The van der Waals surface area contributed by atoms with Gasteiger partial charge in [-0.15, -0.1) is 0 Å². The molecule has 2 N–H and O–H groups in total. The van der Waals surface area contributed by atoms with Crippen molar-refractivity contribution in [3.8, 4) is 11.8 Å². The Morgan fingerprint density at radius 2 is 2.31 bits per heavy atom. The van der Waals surface area contributed by atoms with Gasteiger partial charge in [0.25, 0.3) is 0 Å². The molecule has 0 spiro atoms. The van der Waals surface area contributed by atoms with Crippen LogP contribution in [0.3, 0.4) is 0 Å². The Morgan fingerprint density at radius 1 is 1.50 bits per heavy atom. The lowest BCUT2D eigenvalue weighted by Gasteiger charge is -2.10. The van der Waals surface area contributed by atoms with Crippen molar-refractivity contribution in [2.75, 3.05) is 0 Å². The molecule has 0 saturated carbocycles. The quantitative estimate of drug-likeness (QED) is 0.824. The normalized spacial score (nSPS) is 12.1. The summed E-state index contributed by atoms with van der Waals surface area (Å²) in [4.78, 5) is 4.08. The van der Waals surface area contributed by atoms with Gasteiger partial charge < -0.3 is 10.3 Å². The van der Waals surface area contributed by atoms with Crippen molar-refractivity contribution in [2.24, 2.45) is 5.73 Å². The van der Waals surface area contributed by atoms with Crippen LogP contribution in [0.5, 0.6) is 0 Å². The fraction of sp³-hybridized carbons (Fsp3) is 0.167. The molecule has 1 aromatic heterocycles. The molecule has 4 nitrogen and oxygen atoms in total. The van der Waals surface area contributed by atoms with Crippen LogP contribution in [0, 0.1) is 11.3 Å². The van der Waals surface area contributed by atoms with E-state index < -0.39 is 0 Å². The van der Waals surface area contributed by atoms with E-state index in [4.69, 9.17) is 11.0 Å². The summed E-state index contributed by atoms with van der Waals surface area (Å²) in [6, 6.07) is 9.38. The highest BCUT2D eigenvalue weighted by atomic mass is 15.1. The number of nitrogens with zero attached hydrogens (tertiary/aromatic N) is 3. The lowest BCUT2D eigenvalue weighted by Crippen LogP contribution is -2.10. The van der Waals surface area contributed by atoms with Crippen molar-refractivity contribution < 1.29 is 0 Å². The zero-order valence-electron chi connectivity index (χ0n) is 8.96. The number of benzene rings is 1. The zero-order valence-corrected chi connectivity index (χ0v) is 8.96.